The molecule has 1 atom stereocenters. The van der Waals surface area contributed by atoms with Crippen LogP contribution in [0.1, 0.15) is 40.0 Å². The molecule has 2 aliphatic rings. The van der Waals surface area contributed by atoms with Crippen LogP contribution in [0.15, 0.2) is 48.9 Å². The van der Waals surface area contributed by atoms with E-state index in [1.165, 1.54) is 0 Å². The van der Waals surface area contributed by atoms with E-state index in [1.807, 2.05) is 66.9 Å². The number of amides is 1. The molecule has 4 aromatic rings. The number of rotatable bonds is 5. The van der Waals surface area contributed by atoms with Crippen molar-refractivity contribution in [3.63, 3.8) is 0 Å². The summed E-state index contributed by atoms with van der Waals surface area (Å²) in [5.74, 6) is 0.815. The molecule has 1 saturated carbocycles. The third-order valence-electron chi connectivity index (χ3n) is 6.70. The van der Waals surface area contributed by atoms with Gasteiger partial charge < -0.3 is 14.5 Å². The van der Waals surface area contributed by atoms with Crippen LogP contribution in [0.2, 0.25) is 0 Å². The van der Waals surface area contributed by atoms with Gasteiger partial charge in [0.1, 0.15) is 5.60 Å². The minimum absolute atomic E-state index is 0.119. The van der Waals surface area contributed by atoms with E-state index in [4.69, 9.17) is 4.74 Å². The number of carbonyl (C=O) groups excluding carboxylic acids is 1. The van der Waals surface area contributed by atoms with Crippen molar-refractivity contribution in [2.75, 3.05) is 18.0 Å². The van der Waals surface area contributed by atoms with E-state index in [1.54, 1.807) is 12.4 Å². The van der Waals surface area contributed by atoms with E-state index >= 15 is 0 Å². The Balaban J connectivity index is 1.20. The highest BCUT2D eigenvalue weighted by atomic mass is 16.6. The van der Waals surface area contributed by atoms with Gasteiger partial charge in [0, 0.05) is 42.5 Å². The van der Waals surface area contributed by atoms with Crippen LogP contribution in [0, 0.1) is 0 Å². The van der Waals surface area contributed by atoms with Crippen LogP contribution in [-0.2, 0) is 4.74 Å². The molecule has 0 spiro atoms. The first kappa shape index (κ1) is 22.5. The quantitative estimate of drug-likeness (QED) is 0.451. The number of aromatic amines is 1. The zero-order chi connectivity index (χ0) is 24.9. The number of carbonyl (C=O) groups is 1. The number of hydrogen-bond acceptors (Lipinski definition) is 7. The largest absolute Gasteiger partial charge is 0.444 e. The van der Waals surface area contributed by atoms with E-state index in [2.05, 4.69) is 30.4 Å². The summed E-state index contributed by atoms with van der Waals surface area (Å²) in [6.45, 7) is 7.29. The predicted octanol–water partition coefficient (Wildman–Crippen LogP) is 4.18. The molecule has 0 bridgehead atoms. The third kappa shape index (κ3) is 4.27. The van der Waals surface area contributed by atoms with Gasteiger partial charge in [-0.15, -0.1) is 10.2 Å². The Morgan fingerprint density at radius 2 is 1.97 bits per heavy atom. The number of nitrogens with zero attached hydrogens (tertiary/aromatic N) is 7. The lowest BCUT2D eigenvalue weighted by Gasteiger charge is -2.31. The average Bonchev–Trinajstić information content (AvgIpc) is 3.26. The molecule has 186 valence electrons. The second kappa shape index (κ2) is 8.61. The van der Waals surface area contributed by atoms with Gasteiger partial charge in [-0.25, -0.2) is 9.48 Å². The monoisotopic (exact) mass is 486 g/mol. The lowest BCUT2D eigenvalue weighted by atomic mass is 10.1. The highest BCUT2D eigenvalue weighted by molar-refractivity contribution is 5.97. The summed E-state index contributed by atoms with van der Waals surface area (Å²) in [5, 5.41) is 21.8. The lowest BCUT2D eigenvalue weighted by Crippen LogP contribution is -2.46. The molecular formula is C26H30N8O2. The molecule has 36 heavy (non-hydrogen) atoms. The minimum Gasteiger partial charge on any atom is -0.444 e. The van der Waals surface area contributed by atoms with E-state index in [9.17, 15) is 4.79 Å². The van der Waals surface area contributed by atoms with E-state index in [0.29, 0.717) is 6.04 Å². The fraction of sp³-hybridized carbons (Fsp3) is 0.423. The highest BCUT2D eigenvalue weighted by Crippen LogP contribution is 2.34. The summed E-state index contributed by atoms with van der Waals surface area (Å²) in [6.07, 6.45) is 8.25. The second-order valence-electron chi connectivity index (χ2n) is 10.5. The summed E-state index contributed by atoms with van der Waals surface area (Å²) in [4.78, 5) is 17.1. The number of aromatic nitrogens is 6. The Labute approximate surface area is 209 Å². The first-order valence-electron chi connectivity index (χ1n) is 12.4. The van der Waals surface area contributed by atoms with E-state index in [0.717, 1.165) is 66.0 Å². The summed E-state index contributed by atoms with van der Waals surface area (Å²) in [6, 6.07) is 10.3. The number of ether oxygens (including phenoxy) is 1. The van der Waals surface area contributed by atoms with Crippen LogP contribution < -0.4 is 4.90 Å². The van der Waals surface area contributed by atoms with Gasteiger partial charge in [0.25, 0.3) is 0 Å². The molecule has 3 aromatic heterocycles. The van der Waals surface area contributed by atoms with Gasteiger partial charge in [-0.05, 0) is 70.4 Å². The number of H-pyrrole nitrogens is 1. The van der Waals surface area contributed by atoms with Crippen molar-refractivity contribution >= 4 is 22.8 Å². The number of benzene rings is 1. The molecule has 1 aliphatic carbocycles. The fourth-order valence-electron chi connectivity index (χ4n) is 4.92. The van der Waals surface area contributed by atoms with Crippen molar-refractivity contribution in [2.45, 2.75) is 57.7 Å². The third-order valence-corrected chi connectivity index (χ3v) is 6.70. The SMILES string of the molecule is CC(C)(C)OC(=O)N(C1CC1)C1CCN(c2ccc(-c3ccc(-n4cccn4)c4cn[nH]c34)nn2)C1. The van der Waals surface area contributed by atoms with Gasteiger partial charge in [0.15, 0.2) is 5.82 Å². The molecule has 10 nitrogen and oxygen atoms in total. The van der Waals surface area contributed by atoms with Crippen LogP contribution in [0.3, 0.4) is 0 Å². The topological polar surface area (TPSA) is 105 Å². The Bertz CT molecular complexity index is 1370. The number of nitrogens with one attached hydrogen (secondary N) is 1. The molecular weight excluding hydrogens is 456 g/mol. The van der Waals surface area contributed by atoms with Crippen LogP contribution >= 0.6 is 0 Å². The Morgan fingerprint density at radius 1 is 1.11 bits per heavy atom. The maximum atomic E-state index is 12.9. The van der Waals surface area contributed by atoms with Gasteiger partial charge in [0.05, 0.1) is 29.1 Å². The van der Waals surface area contributed by atoms with Crippen molar-refractivity contribution in [3.05, 3.63) is 48.9 Å². The lowest BCUT2D eigenvalue weighted by molar-refractivity contribution is 0.0158. The number of fused-ring (bicyclic) bond motifs is 1. The van der Waals surface area contributed by atoms with Gasteiger partial charge in [-0.1, -0.05) is 0 Å². The van der Waals surface area contributed by atoms with E-state index < -0.39 is 5.60 Å². The molecule has 1 aromatic carbocycles. The van der Waals surface area contributed by atoms with E-state index in [-0.39, 0.29) is 12.1 Å². The summed E-state index contributed by atoms with van der Waals surface area (Å²) < 4.78 is 7.53. The fourth-order valence-corrected chi connectivity index (χ4v) is 4.92. The van der Waals surface area contributed by atoms with Crippen molar-refractivity contribution in [1.82, 2.24) is 35.1 Å². The maximum Gasteiger partial charge on any atom is 0.410 e. The molecule has 1 N–H and O–H groups in total. The number of anilines is 1. The van der Waals surface area contributed by atoms with Crippen LogP contribution in [0.25, 0.3) is 27.8 Å². The van der Waals surface area contributed by atoms with Gasteiger partial charge in [-0.3, -0.25) is 5.10 Å². The Morgan fingerprint density at radius 3 is 2.67 bits per heavy atom. The second-order valence-corrected chi connectivity index (χ2v) is 10.5. The Kier molecular flexibility index (Phi) is 5.39. The number of hydrogen-bond donors (Lipinski definition) is 1. The molecule has 1 aliphatic heterocycles. The molecule has 4 heterocycles. The molecule has 1 saturated heterocycles. The van der Waals surface area contributed by atoms with Crippen molar-refractivity contribution in [2.24, 2.45) is 0 Å². The highest BCUT2D eigenvalue weighted by Gasteiger charge is 2.42. The molecule has 0 radical (unpaired) electrons. The van der Waals surface area contributed by atoms with Gasteiger partial charge in [0.2, 0.25) is 0 Å². The molecule has 2 fully saturated rings. The van der Waals surface area contributed by atoms with Crippen molar-refractivity contribution in [1.29, 1.82) is 0 Å². The standard InChI is InChI=1S/C26H30N8O2/c1-26(2,3)36-25(35)34(17-5-6-17)18-11-14-32(16-18)23-10-8-21(29-30-23)19-7-9-22(33-13-4-12-28-33)20-15-27-31-24(19)20/h4,7-10,12-13,15,17-18H,5-6,11,14,16H2,1-3H3,(H,27,31). The predicted molar refractivity (Wildman–Crippen MR) is 136 cm³/mol. The molecule has 1 amide bonds. The van der Waals surface area contributed by atoms with Crippen molar-refractivity contribution < 1.29 is 9.53 Å². The van der Waals surface area contributed by atoms with Gasteiger partial charge >= 0.3 is 6.09 Å². The molecule has 6 rings (SSSR count). The zero-order valence-corrected chi connectivity index (χ0v) is 20.8. The van der Waals surface area contributed by atoms with Crippen molar-refractivity contribution in [3.8, 4) is 16.9 Å². The van der Waals surface area contributed by atoms with Gasteiger partial charge in [-0.2, -0.15) is 10.2 Å². The zero-order valence-electron chi connectivity index (χ0n) is 20.8. The first-order chi connectivity index (χ1) is 17.4. The minimum atomic E-state index is -0.500. The molecule has 1 unspecified atom stereocenters. The normalized spacial score (nSPS) is 18.1. The average molecular weight is 487 g/mol. The smallest absolute Gasteiger partial charge is 0.410 e. The molecule has 10 heteroatoms. The summed E-state index contributed by atoms with van der Waals surface area (Å²) in [5.41, 5.74) is 3.04. The summed E-state index contributed by atoms with van der Waals surface area (Å²) in [7, 11) is 0. The first-order valence-corrected chi connectivity index (χ1v) is 12.4. The summed E-state index contributed by atoms with van der Waals surface area (Å²) >= 11 is 0. The van der Waals surface area contributed by atoms with Crippen LogP contribution in [0.5, 0.6) is 0 Å². The Hall–Kier alpha value is -3.95. The van der Waals surface area contributed by atoms with Crippen LogP contribution in [0.4, 0.5) is 10.6 Å². The maximum absolute atomic E-state index is 12.9. The van der Waals surface area contributed by atoms with Crippen LogP contribution in [-0.4, -0.2) is 71.9 Å².